The van der Waals surface area contributed by atoms with Crippen molar-refractivity contribution in [1.29, 1.82) is 0 Å². The number of nitrogens with one attached hydrogen (secondary N) is 1. The average Bonchev–Trinajstić information content (AvgIpc) is 2.86. The summed E-state index contributed by atoms with van der Waals surface area (Å²) in [6.45, 7) is 1.98. The quantitative estimate of drug-likeness (QED) is 0.228. The van der Waals surface area contributed by atoms with Gasteiger partial charge >= 0.3 is 12.0 Å². The number of carboxylic acid groups (broad SMARTS) is 1. The smallest absolute Gasteiger partial charge is 0.335 e. The molecule has 0 saturated carbocycles. The van der Waals surface area contributed by atoms with E-state index in [4.69, 9.17) is 9.47 Å². The minimum Gasteiger partial charge on any atom is -0.493 e. The number of urea groups is 1. The zero-order valence-electron chi connectivity index (χ0n) is 19.8. The van der Waals surface area contributed by atoms with Crippen molar-refractivity contribution < 1.29 is 33.8 Å². The summed E-state index contributed by atoms with van der Waals surface area (Å²) in [5.41, 5.74) is 2.39. The van der Waals surface area contributed by atoms with E-state index in [0.29, 0.717) is 31.9 Å². The molecule has 1 heterocycles. The topological polar surface area (TPSA) is 122 Å². The van der Waals surface area contributed by atoms with Gasteiger partial charge in [0, 0.05) is 0 Å². The lowest BCUT2D eigenvalue weighted by atomic mass is 10.1. The molecule has 9 nitrogen and oxygen atoms in total. The van der Waals surface area contributed by atoms with Gasteiger partial charge in [-0.3, -0.25) is 14.9 Å². The van der Waals surface area contributed by atoms with Crippen LogP contribution in [-0.4, -0.2) is 36.0 Å². The molecule has 0 unspecified atom stereocenters. The number of carbonyl (C=O) groups excluding carboxylic acids is 3. The molecule has 1 saturated heterocycles. The minimum absolute atomic E-state index is 0.0996. The first-order valence-corrected chi connectivity index (χ1v) is 12.1. The lowest BCUT2D eigenvalue weighted by molar-refractivity contribution is -0.122. The maximum Gasteiger partial charge on any atom is 0.335 e. The van der Waals surface area contributed by atoms with Crippen LogP contribution in [-0.2, 0) is 16.2 Å². The fourth-order valence-electron chi connectivity index (χ4n) is 3.67. The Bertz CT molecular complexity index is 1450. The van der Waals surface area contributed by atoms with E-state index in [1.54, 1.807) is 48.5 Å². The number of hydrogen-bond acceptors (Lipinski definition) is 6. The Morgan fingerprint density at radius 1 is 1.08 bits per heavy atom. The Kier molecular flexibility index (Phi) is 7.58. The Labute approximate surface area is 225 Å². The van der Waals surface area contributed by atoms with Crippen LogP contribution in [0.5, 0.6) is 11.5 Å². The number of barbiturate groups is 1. The molecule has 1 aliphatic rings. The van der Waals surface area contributed by atoms with Gasteiger partial charge in [-0.15, -0.1) is 0 Å². The Morgan fingerprint density at radius 2 is 1.81 bits per heavy atom. The van der Waals surface area contributed by atoms with Crippen LogP contribution in [0.3, 0.4) is 0 Å². The SMILES string of the molecule is COc1cc(/C=C2\C(=O)NC(=O)N(c3ccc(C)cc3)C2=O)cc(I)c1OCc1cccc(C(=O)O)c1. The third-order valence-corrected chi connectivity index (χ3v) is 6.32. The summed E-state index contributed by atoms with van der Waals surface area (Å²) in [6.07, 6.45) is 1.39. The van der Waals surface area contributed by atoms with Gasteiger partial charge in [0.25, 0.3) is 11.8 Å². The fourth-order valence-corrected chi connectivity index (χ4v) is 4.45. The van der Waals surface area contributed by atoms with Gasteiger partial charge in [0.05, 0.1) is 21.9 Å². The molecule has 0 spiro atoms. The molecule has 0 aromatic heterocycles. The third-order valence-electron chi connectivity index (χ3n) is 5.51. The standard InChI is InChI=1S/C27H21IN2O7/c1-15-6-8-19(9-7-15)30-25(32)20(24(31)29-27(30)35)11-17-12-21(28)23(22(13-17)36-2)37-14-16-4-3-5-18(10-16)26(33)34/h3-13H,14H2,1-2H3,(H,33,34)(H,29,31,35)/b20-11+. The Hall–Kier alpha value is -4.19. The number of carboxylic acids is 1. The summed E-state index contributed by atoms with van der Waals surface area (Å²) in [7, 11) is 1.45. The van der Waals surface area contributed by atoms with Gasteiger partial charge in [-0.2, -0.15) is 0 Å². The molecule has 0 radical (unpaired) electrons. The zero-order chi connectivity index (χ0) is 26.7. The molecule has 188 valence electrons. The van der Waals surface area contributed by atoms with Crippen LogP contribution in [0.15, 0.2) is 66.2 Å². The maximum atomic E-state index is 13.2. The van der Waals surface area contributed by atoms with Crippen LogP contribution >= 0.6 is 22.6 Å². The largest absolute Gasteiger partial charge is 0.493 e. The Balaban J connectivity index is 1.62. The molecule has 4 rings (SSSR count). The van der Waals surface area contributed by atoms with Crippen molar-refractivity contribution in [1.82, 2.24) is 5.32 Å². The highest BCUT2D eigenvalue weighted by Gasteiger charge is 2.36. The second-order valence-corrected chi connectivity index (χ2v) is 9.28. The molecule has 4 amide bonds. The van der Waals surface area contributed by atoms with E-state index in [0.717, 1.165) is 10.5 Å². The highest BCUT2D eigenvalue weighted by molar-refractivity contribution is 14.1. The lowest BCUT2D eigenvalue weighted by Crippen LogP contribution is -2.54. The van der Waals surface area contributed by atoms with Crippen molar-refractivity contribution in [2.45, 2.75) is 13.5 Å². The number of benzene rings is 3. The number of amides is 4. The van der Waals surface area contributed by atoms with Crippen LogP contribution in [0, 0.1) is 10.5 Å². The second kappa shape index (κ2) is 10.8. The first-order valence-electron chi connectivity index (χ1n) is 11.0. The third kappa shape index (κ3) is 5.64. The second-order valence-electron chi connectivity index (χ2n) is 8.12. The van der Waals surface area contributed by atoms with Crippen molar-refractivity contribution in [3.05, 3.63) is 92.1 Å². The minimum atomic E-state index is -1.03. The number of rotatable bonds is 7. The van der Waals surface area contributed by atoms with Crippen molar-refractivity contribution in [3.63, 3.8) is 0 Å². The number of hydrogen-bond donors (Lipinski definition) is 2. The molecular formula is C27H21IN2O7. The first kappa shape index (κ1) is 25.9. The van der Waals surface area contributed by atoms with Crippen molar-refractivity contribution >= 4 is 58.2 Å². The molecule has 10 heteroatoms. The Morgan fingerprint density at radius 3 is 2.49 bits per heavy atom. The molecule has 1 fully saturated rings. The first-order chi connectivity index (χ1) is 17.7. The number of halogens is 1. The normalized spacial score (nSPS) is 14.5. The van der Waals surface area contributed by atoms with Gasteiger partial charge in [0.15, 0.2) is 11.5 Å². The van der Waals surface area contributed by atoms with E-state index in [-0.39, 0.29) is 17.7 Å². The van der Waals surface area contributed by atoms with Gasteiger partial charge < -0.3 is 14.6 Å². The lowest BCUT2D eigenvalue weighted by Gasteiger charge is -2.26. The molecule has 37 heavy (non-hydrogen) atoms. The summed E-state index contributed by atoms with van der Waals surface area (Å²) in [5.74, 6) is -1.81. The summed E-state index contributed by atoms with van der Waals surface area (Å²) >= 11 is 2.04. The van der Waals surface area contributed by atoms with Gasteiger partial charge in [0.2, 0.25) is 0 Å². The molecule has 1 aliphatic heterocycles. The summed E-state index contributed by atoms with van der Waals surface area (Å²) in [5, 5.41) is 11.4. The van der Waals surface area contributed by atoms with E-state index in [1.165, 1.54) is 25.3 Å². The van der Waals surface area contributed by atoms with Crippen molar-refractivity contribution in [2.75, 3.05) is 12.0 Å². The number of anilines is 1. The fraction of sp³-hybridized carbons (Fsp3) is 0.111. The van der Waals surface area contributed by atoms with E-state index in [9.17, 15) is 24.3 Å². The van der Waals surface area contributed by atoms with Gasteiger partial charge in [-0.25, -0.2) is 14.5 Å². The van der Waals surface area contributed by atoms with Crippen LogP contribution in [0.2, 0.25) is 0 Å². The molecule has 3 aromatic carbocycles. The van der Waals surface area contributed by atoms with Gasteiger partial charge in [-0.1, -0.05) is 29.8 Å². The highest BCUT2D eigenvalue weighted by Crippen LogP contribution is 2.35. The van der Waals surface area contributed by atoms with Gasteiger partial charge in [-0.05, 0) is 83.1 Å². The van der Waals surface area contributed by atoms with E-state index >= 15 is 0 Å². The molecule has 2 N–H and O–H groups in total. The summed E-state index contributed by atoms with van der Waals surface area (Å²) in [6, 6.07) is 15.7. The number of carbonyl (C=O) groups is 4. The highest BCUT2D eigenvalue weighted by atomic mass is 127. The molecule has 0 bridgehead atoms. The summed E-state index contributed by atoms with van der Waals surface area (Å²) < 4.78 is 12.0. The number of ether oxygens (including phenoxy) is 2. The van der Waals surface area contributed by atoms with E-state index in [2.05, 4.69) is 5.32 Å². The number of imide groups is 2. The maximum absolute atomic E-state index is 13.2. The van der Waals surface area contributed by atoms with Crippen LogP contribution in [0.4, 0.5) is 10.5 Å². The number of nitrogens with zero attached hydrogens (tertiary/aromatic N) is 1. The van der Waals surface area contributed by atoms with E-state index < -0.39 is 23.8 Å². The predicted octanol–water partition coefficient (Wildman–Crippen LogP) is 4.55. The van der Waals surface area contributed by atoms with Crippen LogP contribution in [0.25, 0.3) is 6.08 Å². The molecule has 3 aromatic rings. The summed E-state index contributed by atoms with van der Waals surface area (Å²) in [4.78, 5) is 50.3. The van der Waals surface area contributed by atoms with Gasteiger partial charge in [0.1, 0.15) is 12.2 Å². The number of aryl methyl sites for hydroxylation is 1. The molecule has 0 aliphatic carbocycles. The molecular weight excluding hydrogens is 591 g/mol. The van der Waals surface area contributed by atoms with Crippen LogP contribution in [0.1, 0.15) is 27.0 Å². The number of aromatic carboxylic acids is 1. The van der Waals surface area contributed by atoms with E-state index in [1.807, 2.05) is 29.5 Å². The molecule has 0 atom stereocenters. The zero-order valence-corrected chi connectivity index (χ0v) is 21.9. The van der Waals surface area contributed by atoms with Crippen molar-refractivity contribution in [2.24, 2.45) is 0 Å². The average molecular weight is 612 g/mol. The van der Waals surface area contributed by atoms with Crippen LogP contribution < -0.4 is 19.7 Å². The predicted molar refractivity (Wildman–Crippen MR) is 144 cm³/mol. The van der Waals surface area contributed by atoms with Crippen molar-refractivity contribution in [3.8, 4) is 11.5 Å². The monoisotopic (exact) mass is 612 g/mol. The number of methoxy groups -OCH3 is 1.